The summed E-state index contributed by atoms with van der Waals surface area (Å²) in [6.07, 6.45) is 0. The molecule has 0 heterocycles. The van der Waals surface area contributed by atoms with Crippen LogP contribution in [0.15, 0.2) is 42.5 Å². The predicted octanol–water partition coefficient (Wildman–Crippen LogP) is 3.13. The van der Waals surface area contributed by atoms with Crippen molar-refractivity contribution in [3.8, 4) is 23.6 Å². The minimum absolute atomic E-state index is 0.0342. The maximum absolute atomic E-state index is 11.0. The molecule has 20 heavy (non-hydrogen) atoms. The van der Waals surface area contributed by atoms with E-state index in [1.165, 1.54) is 30.3 Å². The Morgan fingerprint density at radius 1 is 1.00 bits per heavy atom. The highest BCUT2D eigenvalue weighted by Gasteiger charge is 2.20. The fourth-order valence-corrected chi connectivity index (χ4v) is 1.62. The van der Waals surface area contributed by atoms with Crippen molar-refractivity contribution in [2.75, 3.05) is 0 Å². The summed E-state index contributed by atoms with van der Waals surface area (Å²) in [4.78, 5) is 10.4. The number of nitro groups is 1. The number of para-hydroxylation sites is 2. The average molecular weight is 265 g/mol. The molecule has 0 unspecified atom stereocenters. The lowest BCUT2D eigenvalue weighted by Crippen LogP contribution is -1.97. The van der Waals surface area contributed by atoms with Crippen LogP contribution in [-0.4, -0.2) is 4.92 Å². The van der Waals surface area contributed by atoms with Gasteiger partial charge in [-0.3, -0.25) is 10.1 Å². The zero-order chi connectivity index (χ0) is 14.5. The van der Waals surface area contributed by atoms with Gasteiger partial charge in [0, 0.05) is 6.07 Å². The smallest absolute Gasteiger partial charge is 0.312 e. The third-order valence-electron chi connectivity index (χ3n) is 2.53. The normalized spacial score (nSPS) is 9.30. The molecular formula is C14H7N3O3. The minimum Gasteiger partial charge on any atom is -0.447 e. The van der Waals surface area contributed by atoms with Gasteiger partial charge in [0.15, 0.2) is 0 Å². The number of nitriles is 2. The van der Waals surface area contributed by atoms with E-state index >= 15 is 0 Å². The van der Waals surface area contributed by atoms with Crippen LogP contribution < -0.4 is 4.74 Å². The summed E-state index contributed by atoms with van der Waals surface area (Å²) in [5, 5.41) is 29.0. The van der Waals surface area contributed by atoms with Crippen LogP contribution in [0.3, 0.4) is 0 Å². The molecule has 6 nitrogen and oxygen atoms in total. The van der Waals surface area contributed by atoms with Gasteiger partial charge in [0.05, 0.1) is 10.5 Å². The molecule has 0 amide bonds. The van der Waals surface area contributed by atoms with Crippen molar-refractivity contribution in [2.45, 2.75) is 0 Å². The summed E-state index contributed by atoms with van der Waals surface area (Å²) in [6.45, 7) is 0. The molecule has 0 aliphatic heterocycles. The van der Waals surface area contributed by atoms with Crippen LogP contribution in [0.2, 0.25) is 0 Å². The molecule has 6 heteroatoms. The number of hydrogen-bond donors (Lipinski definition) is 0. The largest absolute Gasteiger partial charge is 0.447 e. The topological polar surface area (TPSA) is 99.9 Å². The van der Waals surface area contributed by atoms with Crippen LogP contribution in [-0.2, 0) is 0 Å². The number of benzene rings is 2. The van der Waals surface area contributed by atoms with Crippen LogP contribution >= 0.6 is 0 Å². The number of ether oxygens (including phenoxy) is 1. The van der Waals surface area contributed by atoms with Crippen LogP contribution in [0.5, 0.6) is 11.5 Å². The van der Waals surface area contributed by atoms with Gasteiger partial charge in [-0.25, -0.2) is 0 Å². The van der Waals surface area contributed by atoms with E-state index in [4.69, 9.17) is 15.3 Å². The monoisotopic (exact) mass is 265 g/mol. The Balaban J connectivity index is 2.56. The van der Waals surface area contributed by atoms with Crippen molar-refractivity contribution < 1.29 is 9.66 Å². The number of nitrogens with zero attached hydrogens (tertiary/aromatic N) is 3. The lowest BCUT2D eigenvalue weighted by molar-refractivity contribution is -0.385. The third-order valence-corrected chi connectivity index (χ3v) is 2.53. The van der Waals surface area contributed by atoms with E-state index < -0.39 is 4.92 Å². The molecule has 0 aliphatic rings. The SMILES string of the molecule is N#Cc1ccccc1Oc1c(C#N)cccc1[N+](=O)[O-]. The molecule has 0 saturated carbocycles. The highest BCUT2D eigenvalue weighted by Crippen LogP contribution is 2.35. The van der Waals surface area contributed by atoms with Crippen molar-refractivity contribution >= 4 is 5.69 Å². The van der Waals surface area contributed by atoms with Crippen LogP contribution in [0, 0.1) is 32.8 Å². The second-order valence-electron chi connectivity index (χ2n) is 3.73. The Morgan fingerprint density at radius 2 is 1.65 bits per heavy atom. The molecule has 2 aromatic rings. The van der Waals surface area contributed by atoms with E-state index in [9.17, 15) is 10.1 Å². The van der Waals surface area contributed by atoms with Gasteiger partial charge in [-0.05, 0) is 18.2 Å². The van der Waals surface area contributed by atoms with Crippen LogP contribution in [0.4, 0.5) is 5.69 Å². The number of rotatable bonds is 3. The fourth-order valence-electron chi connectivity index (χ4n) is 1.62. The van der Waals surface area contributed by atoms with Gasteiger partial charge in [-0.15, -0.1) is 0 Å². The van der Waals surface area contributed by atoms with Gasteiger partial charge in [0.1, 0.15) is 23.5 Å². The second kappa shape index (κ2) is 5.51. The molecule has 2 aromatic carbocycles. The molecule has 2 rings (SSSR count). The third kappa shape index (κ3) is 2.40. The molecular weight excluding hydrogens is 258 g/mol. The lowest BCUT2D eigenvalue weighted by Gasteiger charge is -2.08. The highest BCUT2D eigenvalue weighted by atomic mass is 16.6. The summed E-state index contributed by atoms with van der Waals surface area (Å²) >= 11 is 0. The first kappa shape index (κ1) is 13.1. The first-order valence-electron chi connectivity index (χ1n) is 5.52. The minimum atomic E-state index is -0.634. The number of hydrogen-bond acceptors (Lipinski definition) is 5. The van der Waals surface area contributed by atoms with Crippen molar-refractivity contribution in [1.29, 1.82) is 10.5 Å². The van der Waals surface area contributed by atoms with Crippen molar-refractivity contribution in [3.05, 3.63) is 63.7 Å². The van der Waals surface area contributed by atoms with Crippen molar-refractivity contribution in [1.82, 2.24) is 0 Å². The molecule has 0 saturated heterocycles. The van der Waals surface area contributed by atoms with Crippen LogP contribution in [0.1, 0.15) is 11.1 Å². The molecule has 0 N–H and O–H groups in total. The molecule has 0 bridgehead atoms. The molecule has 0 aliphatic carbocycles. The van der Waals surface area contributed by atoms with Crippen molar-refractivity contribution in [2.24, 2.45) is 0 Å². The maximum Gasteiger partial charge on any atom is 0.312 e. The Morgan fingerprint density at radius 3 is 2.30 bits per heavy atom. The second-order valence-corrected chi connectivity index (χ2v) is 3.73. The molecule has 0 fully saturated rings. The van der Waals surface area contributed by atoms with Gasteiger partial charge in [-0.1, -0.05) is 18.2 Å². The Kier molecular flexibility index (Phi) is 3.60. The summed E-state index contributed by atoms with van der Waals surface area (Å²) in [7, 11) is 0. The Bertz CT molecular complexity index is 757. The van der Waals surface area contributed by atoms with E-state index in [0.29, 0.717) is 0 Å². The molecule has 0 radical (unpaired) electrons. The summed E-state index contributed by atoms with van der Waals surface area (Å²) in [6, 6.07) is 14.1. The first-order chi connectivity index (χ1) is 9.67. The van der Waals surface area contributed by atoms with E-state index in [-0.39, 0.29) is 28.3 Å². The van der Waals surface area contributed by atoms with E-state index in [2.05, 4.69) is 0 Å². The summed E-state index contributed by atoms with van der Waals surface area (Å²) in [5.74, 6) is 0.00324. The van der Waals surface area contributed by atoms with Gasteiger partial charge >= 0.3 is 5.69 Å². The zero-order valence-electron chi connectivity index (χ0n) is 10.1. The van der Waals surface area contributed by atoms with E-state index in [1.807, 2.05) is 12.1 Å². The molecule has 0 aromatic heterocycles. The van der Waals surface area contributed by atoms with Crippen molar-refractivity contribution in [3.63, 3.8) is 0 Å². The predicted molar refractivity (Wildman–Crippen MR) is 69.0 cm³/mol. The molecule has 96 valence electrons. The summed E-state index contributed by atoms with van der Waals surface area (Å²) < 4.78 is 5.43. The first-order valence-corrected chi connectivity index (χ1v) is 5.52. The van der Waals surface area contributed by atoms with Gasteiger partial charge in [0.25, 0.3) is 0 Å². The zero-order valence-corrected chi connectivity index (χ0v) is 10.1. The van der Waals surface area contributed by atoms with Crippen LogP contribution in [0.25, 0.3) is 0 Å². The maximum atomic E-state index is 11.0. The lowest BCUT2D eigenvalue weighted by atomic mass is 10.1. The number of nitro benzene ring substituents is 1. The molecule has 0 spiro atoms. The van der Waals surface area contributed by atoms with Gasteiger partial charge < -0.3 is 4.74 Å². The van der Waals surface area contributed by atoms with E-state index in [0.717, 1.165) is 0 Å². The highest BCUT2D eigenvalue weighted by molar-refractivity contribution is 5.59. The standard InChI is InChI=1S/C14H7N3O3/c15-8-10-4-1-2-7-13(10)20-14-11(9-16)5-3-6-12(14)17(18)19/h1-7H. The fraction of sp³-hybridized carbons (Fsp3) is 0. The van der Waals surface area contributed by atoms with E-state index in [1.54, 1.807) is 12.1 Å². The summed E-state index contributed by atoms with van der Waals surface area (Å²) in [5.41, 5.74) is -0.0572. The molecule has 0 atom stereocenters. The Labute approximate surface area is 114 Å². The van der Waals surface area contributed by atoms with Gasteiger partial charge in [-0.2, -0.15) is 10.5 Å². The average Bonchev–Trinajstić information content (AvgIpc) is 2.47. The quantitative estimate of drug-likeness (QED) is 0.626. The Hall–Kier alpha value is -3.38. The van der Waals surface area contributed by atoms with Gasteiger partial charge in [0.2, 0.25) is 5.75 Å².